The molecule has 0 bridgehead atoms. The van der Waals surface area contributed by atoms with Gasteiger partial charge in [0.2, 0.25) is 0 Å². The third-order valence-electron chi connectivity index (χ3n) is 4.41. The largest absolute Gasteiger partial charge is 0.286 e. The molecule has 5 rings (SSSR count). The Bertz CT molecular complexity index is 1270. The van der Waals surface area contributed by atoms with E-state index < -0.39 is 0 Å². The van der Waals surface area contributed by atoms with Crippen LogP contribution in [0, 0.1) is 0 Å². The number of nitrogens with zero attached hydrogens (tertiary/aromatic N) is 5. The van der Waals surface area contributed by atoms with Crippen molar-refractivity contribution in [2.45, 2.75) is 11.7 Å². The lowest BCUT2D eigenvalue weighted by atomic mass is 10.1. The first kappa shape index (κ1) is 16.8. The summed E-state index contributed by atoms with van der Waals surface area (Å²) >= 11 is 13.7. The van der Waals surface area contributed by atoms with E-state index in [1.165, 1.54) is 0 Å². The summed E-state index contributed by atoms with van der Waals surface area (Å²) in [5, 5.41) is 6.33. The molecule has 134 valence electrons. The van der Waals surface area contributed by atoms with Crippen LogP contribution in [-0.2, 0) is 6.54 Å². The summed E-state index contributed by atoms with van der Waals surface area (Å²) in [6.07, 6.45) is 3.28. The molecule has 0 saturated carbocycles. The molecule has 0 fully saturated rings. The van der Waals surface area contributed by atoms with Gasteiger partial charge in [0.1, 0.15) is 0 Å². The second-order valence-corrected chi connectivity index (χ2v) is 7.89. The highest BCUT2D eigenvalue weighted by Crippen LogP contribution is 2.29. The number of halogens is 2. The minimum Gasteiger partial charge on any atom is -0.286 e. The zero-order chi connectivity index (χ0) is 18.5. The van der Waals surface area contributed by atoms with E-state index in [2.05, 4.69) is 15.1 Å². The number of fused-ring (bicyclic) bond motifs is 2. The van der Waals surface area contributed by atoms with Gasteiger partial charge < -0.3 is 0 Å². The van der Waals surface area contributed by atoms with Crippen LogP contribution in [0.25, 0.3) is 28.2 Å². The normalized spacial score (nSPS) is 13.3. The second kappa shape index (κ2) is 6.37. The van der Waals surface area contributed by atoms with Crippen LogP contribution in [0.4, 0.5) is 0 Å². The minimum atomic E-state index is -0.0657. The highest BCUT2D eigenvalue weighted by atomic mass is 35.5. The van der Waals surface area contributed by atoms with Crippen LogP contribution < -0.4 is 5.56 Å². The molecule has 1 aromatic carbocycles. The lowest BCUT2D eigenvalue weighted by Gasteiger charge is -2.06. The molecular weight excluding hydrogens is 405 g/mol. The molecule has 0 radical (unpaired) electrons. The monoisotopic (exact) mass is 415 g/mol. The highest BCUT2D eigenvalue weighted by molar-refractivity contribution is 7.99. The van der Waals surface area contributed by atoms with E-state index in [0.29, 0.717) is 39.2 Å². The van der Waals surface area contributed by atoms with Crippen LogP contribution >= 0.6 is 35.0 Å². The molecular formula is C18H11Cl2N5OS. The van der Waals surface area contributed by atoms with Crippen LogP contribution in [0.1, 0.15) is 0 Å². The Balaban J connectivity index is 1.70. The van der Waals surface area contributed by atoms with Crippen molar-refractivity contribution in [3.63, 3.8) is 0 Å². The van der Waals surface area contributed by atoms with Gasteiger partial charge in [-0.3, -0.25) is 9.36 Å². The van der Waals surface area contributed by atoms with Gasteiger partial charge in [0.25, 0.3) is 5.56 Å². The van der Waals surface area contributed by atoms with Crippen molar-refractivity contribution in [2.24, 2.45) is 0 Å². The summed E-state index contributed by atoms with van der Waals surface area (Å²) in [6, 6.07) is 8.95. The van der Waals surface area contributed by atoms with Crippen molar-refractivity contribution >= 4 is 40.6 Å². The first-order valence-electron chi connectivity index (χ1n) is 8.15. The zero-order valence-corrected chi connectivity index (χ0v) is 16.1. The van der Waals surface area contributed by atoms with Gasteiger partial charge >= 0.3 is 0 Å². The third-order valence-corrected chi connectivity index (χ3v) is 6.12. The van der Waals surface area contributed by atoms with Gasteiger partial charge in [-0.25, -0.2) is 14.5 Å². The van der Waals surface area contributed by atoms with Crippen molar-refractivity contribution < 1.29 is 0 Å². The summed E-state index contributed by atoms with van der Waals surface area (Å²) in [5.41, 5.74) is 3.23. The number of thioether (sulfide) groups is 1. The van der Waals surface area contributed by atoms with Crippen molar-refractivity contribution in [1.82, 2.24) is 24.1 Å². The Morgan fingerprint density at radius 3 is 2.81 bits per heavy atom. The van der Waals surface area contributed by atoms with Crippen LogP contribution in [0.5, 0.6) is 0 Å². The molecule has 0 aliphatic carbocycles. The number of rotatable bonds is 2. The molecule has 27 heavy (non-hydrogen) atoms. The summed E-state index contributed by atoms with van der Waals surface area (Å²) in [6.45, 7) is 0.668. The van der Waals surface area contributed by atoms with Crippen LogP contribution in [0.15, 0.2) is 52.7 Å². The molecule has 0 amide bonds. The maximum Gasteiger partial charge on any atom is 0.263 e. The van der Waals surface area contributed by atoms with E-state index in [1.54, 1.807) is 51.4 Å². The van der Waals surface area contributed by atoms with Gasteiger partial charge in [0.15, 0.2) is 10.8 Å². The maximum absolute atomic E-state index is 12.9. The number of aromatic nitrogens is 5. The van der Waals surface area contributed by atoms with Crippen LogP contribution in [0.3, 0.4) is 0 Å². The smallest absolute Gasteiger partial charge is 0.263 e. The Labute approximate surface area is 167 Å². The molecule has 3 aromatic heterocycles. The van der Waals surface area contributed by atoms with Gasteiger partial charge in [0, 0.05) is 36.3 Å². The van der Waals surface area contributed by atoms with E-state index >= 15 is 0 Å². The predicted molar refractivity (Wildman–Crippen MR) is 107 cm³/mol. The standard InChI is InChI=1S/C18H11Cl2N5OS/c19-12-2-1-10(7-13(12)20)14-8-16-21-4-3-15(25(16)23-14)11-9-22-18-24(17(11)26)5-6-27-18/h1-4,7-9H,5-6H2. The molecule has 6 nitrogen and oxygen atoms in total. The summed E-state index contributed by atoms with van der Waals surface area (Å²) in [5.74, 6) is 0.862. The molecule has 1 aliphatic heterocycles. The van der Waals surface area contributed by atoms with Gasteiger partial charge in [-0.15, -0.1) is 0 Å². The average Bonchev–Trinajstić information content (AvgIpc) is 3.31. The van der Waals surface area contributed by atoms with Crippen molar-refractivity contribution in [3.8, 4) is 22.5 Å². The topological polar surface area (TPSA) is 65.1 Å². The molecule has 9 heteroatoms. The van der Waals surface area contributed by atoms with E-state index in [1.807, 2.05) is 12.1 Å². The number of hydrogen-bond donors (Lipinski definition) is 0. The van der Waals surface area contributed by atoms with Crippen molar-refractivity contribution in [1.29, 1.82) is 0 Å². The lowest BCUT2D eigenvalue weighted by molar-refractivity contribution is 0.657. The fourth-order valence-electron chi connectivity index (χ4n) is 3.09. The van der Waals surface area contributed by atoms with E-state index in [-0.39, 0.29) is 5.56 Å². The van der Waals surface area contributed by atoms with E-state index in [9.17, 15) is 4.79 Å². The van der Waals surface area contributed by atoms with E-state index in [0.717, 1.165) is 16.5 Å². The minimum absolute atomic E-state index is 0.0657. The quantitative estimate of drug-likeness (QED) is 0.462. The first-order valence-corrected chi connectivity index (χ1v) is 9.89. The Hall–Kier alpha value is -2.35. The highest BCUT2D eigenvalue weighted by Gasteiger charge is 2.19. The predicted octanol–water partition coefficient (Wildman–Crippen LogP) is 4.03. The molecule has 0 spiro atoms. The lowest BCUT2D eigenvalue weighted by Crippen LogP contribution is -2.22. The van der Waals surface area contributed by atoms with Gasteiger partial charge in [-0.1, -0.05) is 41.0 Å². The maximum atomic E-state index is 12.9. The fourth-order valence-corrected chi connectivity index (χ4v) is 4.30. The number of hydrogen-bond acceptors (Lipinski definition) is 5. The van der Waals surface area contributed by atoms with Gasteiger partial charge in [-0.05, 0) is 18.2 Å². The second-order valence-electron chi connectivity index (χ2n) is 6.02. The molecule has 0 N–H and O–H groups in total. The molecule has 0 atom stereocenters. The van der Waals surface area contributed by atoms with Crippen molar-refractivity contribution in [2.75, 3.05) is 5.75 Å². The molecule has 4 aromatic rings. The fraction of sp³-hybridized carbons (Fsp3) is 0.111. The number of benzene rings is 1. The van der Waals surface area contributed by atoms with Crippen molar-refractivity contribution in [3.05, 3.63) is 63.1 Å². The first-order chi connectivity index (χ1) is 13.1. The third kappa shape index (κ3) is 2.74. The van der Waals surface area contributed by atoms with E-state index in [4.69, 9.17) is 23.2 Å². The molecule has 0 saturated heterocycles. The summed E-state index contributed by atoms with van der Waals surface area (Å²) in [4.78, 5) is 21.7. The summed E-state index contributed by atoms with van der Waals surface area (Å²) in [7, 11) is 0. The van der Waals surface area contributed by atoms with Gasteiger partial charge in [-0.2, -0.15) is 5.10 Å². The Kier molecular flexibility index (Phi) is 3.96. The zero-order valence-electron chi connectivity index (χ0n) is 13.8. The SMILES string of the molecule is O=c1c(-c2ccnc3cc(-c4ccc(Cl)c(Cl)c4)nn23)cnc2n1CCS2. The average molecular weight is 416 g/mol. The van der Waals surface area contributed by atoms with Crippen LogP contribution in [0.2, 0.25) is 10.0 Å². The molecule has 0 unspecified atom stereocenters. The van der Waals surface area contributed by atoms with Crippen LogP contribution in [-0.4, -0.2) is 29.9 Å². The molecule has 4 heterocycles. The summed E-state index contributed by atoms with van der Waals surface area (Å²) < 4.78 is 3.36. The van der Waals surface area contributed by atoms with Gasteiger partial charge in [0.05, 0.1) is 27.0 Å². The molecule has 1 aliphatic rings. The Morgan fingerprint density at radius 1 is 1.07 bits per heavy atom. The Morgan fingerprint density at radius 2 is 1.96 bits per heavy atom.